The molecule has 0 spiro atoms. The minimum absolute atomic E-state index is 0.418. The molecule has 1 amide bonds. The number of rotatable bonds is 8. The lowest BCUT2D eigenvalue weighted by molar-refractivity contribution is -0.139. The van der Waals surface area contributed by atoms with Crippen molar-refractivity contribution in [2.45, 2.75) is 38.1 Å². The van der Waals surface area contributed by atoms with Gasteiger partial charge in [-0.1, -0.05) is 18.9 Å². The third-order valence-electron chi connectivity index (χ3n) is 2.18. The van der Waals surface area contributed by atoms with Gasteiger partial charge in [0.1, 0.15) is 6.04 Å². The summed E-state index contributed by atoms with van der Waals surface area (Å²) in [4.78, 5) is 21.6. The van der Waals surface area contributed by atoms with Crippen molar-refractivity contribution in [1.29, 1.82) is 0 Å². The Bertz CT molecular complexity index is 240. The van der Waals surface area contributed by atoms with Crippen LogP contribution in [0.25, 0.3) is 0 Å². The fraction of sp³-hybridized carbons (Fsp3) is 0.636. The van der Waals surface area contributed by atoms with E-state index in [1.807, 2.05) is 6.08 Å². The van der Waals surface area contributed by atoms with Gasteiger partial charge in [-0.3, -0.25) is 0 Å². The molecule has 0 saturated heterocycles. The van der Waals surface area contributed by atoms with Crippen LogP contribution in [0.15, 0.2) is 12.7 Å². The maximum Gasteiger partial charge on any atom is 0.407 e. The number of carbonyl (C=O) groups is 2. The number of amides is 1. The second kappa shape index (κ2) is 8.76. The molecular formula is C11H19NO4. The molecule has 0 aliphatic rings. The number of alkyl carbamates (subject to hydrolysis) is 1. The zero-order chi connectivity index (χ0) is 12.4. The van der Waals surface area contributed by atoms with E-state index in [1.54, 1.807) is 0 Å². The molecule has 16 heavy (non-hydrogen) atoms. The maximum atomic E-state index is 10.9. The molecule has 0 aromatic rings. The van der Waals surface area contributed by atoms with E-state index in [2.05, 4.69) is 16.6 Å². The van der Waals surface area contributed by atoms with Crippen LogP contribution in [0.3, 0.4) is 0 Å². The van der Waals surface area contributed by atoms with Gasteiger partial charge in [0.15, 0.2) is 0 Å². The lowest BCUT2D eigenvalue weighted by atomic mass is 10.1. The molecule has 0 aliphatic carbocycles. The van der Waals surface area contributed by atoms with Crippen LogP contribution in [0.1, 0.15) is 32.1 Å². The van der Waals surface area contributed by atoms with E-state index in [4.69, 9.17) is 5.11 Å². The quantitative estimate of drug-likeness (QED) is 0.492. The summed E-state index contributed by atoms with van der Waals surface area (Å²) >= 11 is 0. The number of nitrogens with one attached hydrogen (secondary N) is 1. The second-order valence-electron chi connectivity index (χ2n) is 3.45. The predicted octanol–water partition coefficient (Wildman–Crippen LogP) is 1.93. The normalized spacial score (nSPS) is 11.6. The van der Waals surface area contributed by atoms with E-state index in [-0.39, 0.29) is 0 Å². The first-order valence-electron chi connectivity index (χ1n) is 5.30. The molecule has 0 heterocycles. The predicted molar refractivity (Wildman–Crippen MR) is 60.2 cm³/mol. The van der Waals surface area contributed by atoms with Gasteiger partial charge in [-0.05, 0) is 19.3 Å². The minimum atomic E-state index is -1.03. The van der Waals surface area contributed by atoms with Crippen molar-refractivity contribution >= 4 is 12.1 Å². The SMILES string of the molecule is C=CCCCCCC(NC(=O)OC)C(=O)O. The Kier molecular flexibility index (Phi) is 7.93. The van der Waals surface area contributed by atoms with Crippen molar-refractivity contribution in [3.8, 4) is 0 Å². The van der Waals surface area contributed by atoms with Crippen LogP contribution in [0, 0.1) is 0 Å². The van der Waals surface area contributed by atoms with Crippen molar-refractivity contribution < 1.29 is 19.4 Å². The molecule has 0 saturated carbocycles. The van der Waals surface area contributed by atoms with E-state index in [1.165, 1.54) is 7.11 Å². The zero-order valence-electron chi connectivity index (χ0n) is 9.57. The van der Waals surface area contributed by atoms with E-state index >= 15 is 0 Å². The van der Waals surface area contributed by atoms with E-state index in [0.717, 1.165) is 25.7 Å². The summed E-state index contributed by atoms with van der Waals surface area (Å²) < 4.78 is 4.35. The summed E-state index contributed by atoms with van der Waals surface area (Å²) in [7, 11) is 1.21. The van der Waals surface area contributed by atoms with Gasteiger partial charge in [-0.2, -0.15) is 0 Å². The topological polar surface area (TPSA) is 75.6 Å². The van der Waals surface area contributed by atoms with E-state index < -0.39 is 18.1 Å². The van der Waals surface area contributed by atoms with Crippen molar-refractivity contribution in [2.24, 2.45) is 0 Å². The monoisotopic (exact) mass is 229 g/mol. The van der Waals surface area contributed by atoms with Crippen LogP contribution >= 0.6 is 0 Å². The molecule has 5 nitrogen and oxygen atoms in total. The number of carboxylic acid groups (broad SMARTS) is 1. The molecule has 0 aromatic heterocycles. The summed E-state index contributed by atoms with van der Waals surface area (Å²) in [5.74, 6) is -1.03. The second-order valence-corrected chi connectivity index (χ2v) is 3.45. The van der Waals surface area contributed by atoms with Crippen molar-refractivity contribution in [2.75, 3.05) is 7.11 Å². The Morgan fingerprint density at radius 1 is 1.44 bits per heavy atom. The Labute approximate surface area is 95.5 Å². The van der Waals surface area contributed by atoms with Gasteiger partial charge in [-0.15, -0.1) is 6.58 Å². The van der Waals surface area contributed by atoms with E-state index in [0.29, 0.717) is 6.42 Å². The van der Waals surface area contributed by atoms with Gasteiger partial charge < -0.3 is 15.2 Å². The van der Waals surface area contributed by atoms with Crippen LogP contribution in [0.4, 0.5) is 4.79 Å². The number of ether oxygens (including phenoxy) is 1. The lowest BCUT2D eigenvalue weighted by Crippen LogP contribution is -2.40. The number of hydrogen-bond acceptors (Lipinski definition) is 3. The third-order valence-corrected chi connectivity index (χ3v) is 2.18. The molecule has 0 aromatic carbocycles. The van der Waals surface area contributed by atoms with Crippen molar-refractivity contribution in [1.82, 2.24) is 5.32 Å². The lowest BCUT2D eigenvalue weighted by Gasteiger charge is -2.12. The molecule has 0 aliphatic heterocycles. The summed E-state index contributed by atoms with van der Waals surface area (Å²) in [5, 5.41) is 11.1. The smallest absolute Gasteiger partial charge is 0.407 e. The number of hydrogen-bond donors (Lipinski definition) is 2. The molecule has 92 valence electrons. The van der Waals surface area contributed by atoms with Crippen molar-refractivity contribution in [3.05, 3.63) is 12.7 Å². The number of carboxylic acids is 1. The van der Waals surface area contributed by atoms with Gasteiger partial charge >= 0.3 is 12.1 Å². The maximum absolute atomic E-state index is 10.9. The highest BCUT2D eigenvalue weighted by molar-refractivity contribution is 5.79. The largest absolute Gasteiger partial charge is 0.480 e. The first-order chi connectivity index (χ1) is 7.61. The molecule has 1 atom stereocenters. The third kappa shape index (κ3) is 6.86. The molecule has 2 N–H and O–H groups in total. The fourth-order valence-corrected chi connectivity index (χ4v) is 1.27. The Morgan fingerprint density at radius 2 is 2.12 bits per heavy atom. The average molecular weight is 229 g/mol. The number of unbranched alkanes of at least 4 members (excludes halogenated alkanes) is 3. The number of carbonyl (C=O) groups excluding carboxylic acids is 1. The fourth-order valence-electron chi connectivity index (χ4n) is 1.27. The van der Waals surface area contributed by atoms with E-state index in [9.17, 15) is 9.59 Å². The standard InChI is InChI=1S/C11H19NO4/c1-3-4-5-6-7-8-9(10(13)14)12-11(15)16-2/h3,9H,1,4-8H2,2H3,(H,12,15)(H,13,14). The molecule has 5 heteroatoms. The Balaban J connectivity index is 3.81. The Hall–Kier alpha value is -1.52. The highest BCUT2D eigenvalue weighted by atomic mass is 16.5. The average Bonchev–Trinajstić information content (AvgIpc) is 2.26. The highest BCUT2D eigenvalue weighted by Gasteiger charge is 2.19. The zero-order valence-corrected chi connectivity index (χ0v) is 9.57. The van der Waals surface area contributed by atoms with Crippen LogP contribution in [0.2, 0.25) is 0 Å². The highest BCUT2D eigenvalue weighted by Crippen LogP contribution is 2.06. The number of methoxy groups -OCH3 is 1. The summed E-state index contributed by atoms with van der Waals surface area (Å²) in [5.41, 5.74) is 0. The molecular weight excluding hydrogens is 210 g/mol. The van der Waals surface area contributed by atoms with Gasteiger partial charge in [0.25, 0.3) is 0 Å². The summed E-state index contributed by atoms with van der Waals surface area (Å²) in [6, 6.07) is -0.865. The van der Waals surface area contributed by atoms with Crippen LogP contribution in [0.5, 0.6) is 0 Å². The van der Waals surface area contributed by atoms with Gasteiger partial charge in [0.05, 0.1) is 7.11 Å². The molecule has 0 bridgehead atoms. The molecule has 1 unspecified atom stereocenters. The number of aliphatic carboxylic acids is 1. The summed E-state index contributed by atoms with van der Waals surface area (Å²) in [6.45, 7) is 3.60. The number of allylic oxidation sites excluding steroid dienone is 1. The van der Waals surface area contributed by atoms with Crippen LogP contribution in [-0.2, 0) is 9.53 Å². The van der Waals surface area contributed by atoms with Gasteiger partial charge in [-0.25, -0.2) is 9.59 Å². The molecule has 0 rings (SSSR count). The molecule has 0 radical (unpaired) electrons. The first-order valence-corrected chi connectivity index (χ1v) is 5.30. The first kappa shape index (κ1) is 14.5. The minimum Gasteiger partial charge on any atom is -0.480 e. The van der Waals surface area contributed by atoms with Crippen LogP contribution < -0.4 is 5.32 Å². The van der Waals surface area contributed by atoms with Crippen molar-refractivity contribution in [3.63, 3.8) is 0 Å². The van der Waals surface area contributed by atoms with Crippen LogP contribution in [-0.4, -0.2) is 30.3 Å². The van der Waals surface area contributed by atoms with Gasteiger partial charge in [0, 0.05) is 0 Å². The Morgan fingerprint density at radius 3 is 2.62 bits per heavy atom. The van der Waals surface area contributed by atoms with Gasteiger partial charge in [0.2, 0.25) is 0 Å². The molecule has 0 fully saturated rings. The summed E-state index contributed by atoms with van der Waals surface area (Å²) in [6.07, 6.45) is 5.16.